The summed E-state index contributed by atoms with van der Waals surface area (Å²) in [6.45, 7) is 0. The van der Waals surface area contributed by atoms with E-state index in [4.69, 9.17) is 0 Å². The van der Waals surface area contributed by atoms with Gasteiger partial charge in [0.1, 0.15) is 0 Å². The van der Waals surface area contributed by atoms with E-state index < -0.39 is 26.8 Å². The molecule has 0 fully saturated rings. The molecule has 4 nitrogen and oxygen atoms in total. The molecule has 0 radical (unpaired) electrons. The predicted octanol–water partition coefficient (Wildman–Crippen LogP) is 1.28. The molecule has 0 saturated heterocycles. The summed E-state index contributed by atoms with van der Waals surface area (Å²) in [6, 6.07) is 5.50. The average Bonchev–Trinajstić information content (AvgIpc) is 2.30. The zero-order chi connectivity index (χ0) is 12.4. The highest BCUT2D eigenvalue weighted by Gasteiger charge is 2.48. The van der Waals surface area contributed by atoms with Crippen LogP contribution in [0.5, 0.6) is 5.75 Å². The normalized spacial score (nSPS) is 12.2. The van der Waals surface area contributed by atoms with Gasteiger partial charge >= 0.3 is 15.6 Å². The first-order valence-corrected chi connectivity index (χ1v) is 5.25. The Morgan fingerprint density at radius 1 is 1.06 bits per heavy atom. The van der Waals surface area contributed by atoms with Crippen LogP contribution >= 0.6 is 0 Å². The van der Waals surface area contributed by atoms with Crippen molar-refractivity contribution in [2.45, 2.75) is 5.51 Å². The fourth-order valence-electron chi connectivity index (χ4n) is 0.749. The third kappa shape index (κ3) is 2.72. The molecule has 88 valence electrons. The van der Waals surface area contributed by atoms with E-state index in [0.29, 0.717) is 0 Å². The van der Waals surface area contributed by atoms with Gasteiger partial charge in [-0.15, -0.1) is 0 Å². The predicted molar refractivity (Wildman–Crippen MR) is 48.3 cm³/mol. The van der Waals surface area contributed by atoms with Crippen LogP contribution in [0.1, 0.15) is 0 Å². The zero-order valence-corrected chi connectivity index (χ0v) is 8.38. The van der Waals surface area contributed by atoms with Crippen molar-refractivity contribution in [3.63, 3.8) is 0 Å². The van der Waals surface area contributed by atoms with Gasteiger partial charge < -0.3 is 4.18 Å². The molecule has 1 aromatic carbocycles. The van der Waals surface area contributed by atoms with Crippen LogP contribution in [0.15, 0.2) is 35.1 Å². The number of hydrogen-bond donors (Lipinski definition) is 0. The summed E-state index contributed by atoms with van der Waals surface area (Å²) in [4.78, 5) is 11.1. The Kier molecular flexibility index (Phi) is 3.22. The van der Waals surface area contributed by atoms with Gasteiger partial charge in [0.2, 0.25) is 5.43 Å². The van der Waals surface area contributed by atoms with Crippen LogP contribution in [-0.2, 0) is 10.1 Å². The summed E-state index contributed by atoms with van der Waals surface area (Å²) < 4.78 is 60.7. The number of rotatable bonds is 2. The van der Waals surface area contributed by atoms with Crippen LogP contribution in [0.2, 0.25) is 0 Å². The van der Waals surface area contributed by atoms with E-state index in [1.54, 1.807) is 0 Å². The average molecular weight is 254 g/mol. The van der Waals surface area contributed by atoms with Gasteiger partial charge in [-0.1, -0.05) is 18.2 Å². The molecule has 0 aliphatic rings. The van der Waals surface area contributed by atoms with Crippen molar-refractivity contribution in [2.24, 2.45) is 0 Å². The van der Waals surface area contributed by atoms with Crippen molar-refractivity contribution in [1.29, 1.82) is 0 Å². The minimum Gasteiger partial charge on any atom is -0.372 e. The van der Waals surface area contributed by atoms with Crippen molar-refractivity contribution < 1.29 is 25.8 Å². The number of halogens is 3. The second-order valence-electron chi connectivity index (χ2n) is 2.62. The summed E-state index contributed by atoms with van der Waals surface area (Å²) in [5.41, 5.74) is -6.52. The summed E-state index contributed by atoms with van der Waals surface area (Å²) in [5, 5.41) is 0. The second-order valence-corrected chi connectivity index (χ2v) is 4.16. The molecule has 0 bridgehead atoms. The molecular weight excluding hydrogens is 249 g/mol. The molecule has 1 aromatic rings. The molecule has 0 unspecified atom stereocenters. The Balaban J connectivity index is 3.19. The molecule has 8 heteroatoms. The molecule has 0 aromatic heterocycles. The minimum absolute atomic E-state index is 0.839. The van der Waals surface area contributed by atoms with E-state index in [1.165, 1.54) is 18.2 Å². The van der Waals surface area contributed by atoms with Crippen LogP contribution in [0.25, 0.3) is 0 Å². The Hall–Kier alpha value is -1.57. The van der Waals surface area contributed by atoms with E-state index in [0.717, 1.165) is 12.1 Å². The Bertz CT molecular complexity index is 535. The standard InChI is InChI=1S/C8H5F3O4S/c9-8(10,11)16(13,14)15-7-5-3-1-2-4-6(7)12/h1-5H. The molecule has 0 saturated carbocycles. The highest BCUT2D eigenvalue weighted by molar-refractivity contribution is 7.87. The molecule has 16 heavy (non-hydrogen) atoms. The lowest BCUT2D eigenvalue weighted by Gasteiger charge is -2.07. The highest BCUT2D eigenvalue weighted by Crippen LogP contribution is 2.25. The molecule has 0 spiro atoms. The van der Waals surface area contributed by atoms with Gasteiger partial charge in [-0.05, 0) is 12.1 Å². The van der Waals surface area contributed by atoms with Gasteiger partial charge in [-0.3, -0.25) is 4.79 Å². The molecule has 0 heterocycles. The molecular formula is C8H5F3O4S. The number of alkyl halides is 3. The molecule has 0 aliphatic heterocycles. The third-order valence-electron chi connectivity index (χ3n) is 1.44. The van der Waals surface area contributed by atoms with Gasteiger partial charge in [0, 0.05) is 0 Å². The maximum atomic E-state index is 11.9. The van der Waals surface area contributed by atoms with Crippen molar-refractivity contribution in [3.05, 3.63) is 40.6 Å². The Morgan fingerprint density at radius 3 is 2.19 bits per heavy atom. The zero-order valence-electron chi connectivity index (χ0n) is 7.56. The van der Waals surface area contributed by atoms with E-state index in [2.05, 4.69) is 4.18 Å². The fourth-order valence-corrected chi connectivity index (χ4v) is 1.22. The second kappa shape index (κ2) is 4.12. The lowest BCUT2D eigenvalue weighted by Crippen LogP contribution is -2.29. The summed E-state index contributed by atoms with van der Waals surface area (Å²) in [6.07, 6.45) is 0. The SMILES string of the molecule is O=c1cccccc1OS(=O)(=O)C(F)(F)F. The first-order valence-electron chi connectivity index (χ1n) is 3.84. The van der Waals surface area contributed by atoms with E-state index in [9.17, 15) is 26.4 Å². The summed E-state index contributed by atoms with van der Waals surface area (Å²) >= 11 is 0. The van der Waals surface area contributed by atoms with Gasteiger partial charge in [0.05, 0.1) is 0 Å². The molecule has 0 N–H and O–H groups in total. The van der Waals surface area contributed by atoms with Gasteiger partial charge in [-0.25, -0.2) is 0 Å². The largest absolute Gasteiger partial charge is 0.534 e. The van der Waals surface area contributed by atoms with Crippen molar-refractivity contribution >= 4 is 10.1 Å². The van der Waals surface area contributed by atoms with Crippen LogP contribution in [-0.4, -0.2) is 13.9 Å². The summed E-state index contributed by atoms with van der Waals surface area (Å²) in [5.74, 6) is -0.901. The lowest BCUT2D eigenvalue weighted by atomic mass is 10.5. The van der Waals surface area contributed by atoms with Gasteiger partial charge in [0.15, 0.2) is 5.75 Å². The van der Waals surface area contributed by atoms with E-state index >= 15 is 0 Å². The number of hydrogen-bond acceptors (Lipinski definition) is 4. The molecule has 0 aliphatic carbocycles. The van der Waals surface area contributed by atoms with E-state index in [1.807, 2.05) is 0 Å². The molecule has 0 amide bonds. The quantitative estimate of drug-likeness (QED) is 0.589. The smallest absolute Gasteiger partial charge is 0.372 e. The highest BCUT2D eigenvalue weighted by atomic mass is 32.2. The van der Waals surface area contributed by atoms with Crippen LogP contribution in [0, 0.1) is 0 Å². The van der Waals surface area contributed by atoms with Crippen LogP contribution in [0.4, 0.5) is 13.2 Å². The lowest BCUT2D eigenvalue weighted by molar-refractivity contribution is -0.0500. The Labute approximate surface area is 88.4 Å². The van der Waals surface area contributed by atoms with E-state index in [-0.39, 0.29) is 0 Å². The maximum Gasteiger partial charge on any atom is 0.534 e. The fraction of sp³-hybridized carbons (Fsp3) is 0.125. The van der Waals surface area contributed by atoms with Crippen molar-refractivity contribution in [2.75, 3.05) is 0 Å². The third-order valence-corrected chi connectivity index (χ3v) is 2.41. The van der Waals surface area contributed by atoms with Gasteiger partial charge in [0.25, 0.3) is 0 Å². The monoisotopic (exact) mass is 254 g/mol. The first-order chi connectivity index (χ1) is 7.24. The van der Waals surface area contributed by atoms with Crippen LogP contribution < -0.4 is 9.61 Å². The maximum absolute atomic E-state index is 11.9. The Morgan fingerprint density at radius 2 is 1.62 bits per heavy atom. The van der Waals surface area contributed by atoms with Crippen molar-refractivity contribution in [1.82, 2.24) is 0 Å². The van der Waals surface area contributed by atoms with Gasteiger partial charge in [-0.2, -0.15) is 21.6 Å². The molecule has 1 rings (SSSR count). The minimum atomic E-state index is -5.80. The first kappa shape index (κ1) is 12.5. The summed E-state index contributed by atoms with van der Waals surface area (Å²) in [7, 11) is -5.80. The topological polar surface area (TPSA) is 60.4 Å². The molecule has 0 atom stereocenters. The van der Waals surface area contributed by atoms with Crippen LogP contribution in [0.3, 0.4) is 0 Å². The van der Waals surface area contributed by atoms with Crippen molar-refractivity contribution in [3.8, 4) is 5.75 Å².